The lowest BCUT2D eigenvalue weighted by Gasteiger charge is -2.26. The minimum Gasteiger partial charge on any atom is -0.504 e. The Bertz CT molecular complexity index is 690. The number of carboxylic acid groups (broad SMARTS) is 1. The molecule has 4 N–H and O–H groups in total. The molecule has 0 aromatic heterocycles. The average molecular weight is 286 g/mol. The number of phenolic OH excluding ortho intramolecular Hbond substituents is 1. The number of aliphatic carboxylic acids is 1. The maximum atomic E-state index is 11.8. The van der Waals surface area contributed by atoms with Crippen molar-refractivity contribution in [2.45, 2.75) is 5.66 Å². The summed E-state index contributed by atoms with van der Waals surface area (Å²) in [6.07, 6.45) is 0. The summed E-state index contributed by atoms with van der Waals surface area (Å²) in [6.45, 7) is 0. The number of anilines is 2. The van der Waals surface area contributed by atoms with Gasteiger partial charge in [-0.15, -0.1) is 0 Å². The summed E-state index contributed by atoms with van der Waals surface area (Å²) in [4.78, 5) is 11.8. The number of nitrogens with one attached hydrogen (secondary N) is 2. The smallest absolute Gasteiger partial charge is 0.355 e. The maximum Gasteiger partial charge on any atom is 0.355 e. The van der Waals surface area contributed by atoms with Gasteiger partial charge in [0.15, 0.2) is 11.5 Å². The first kappa shape index (κ1) is 13.1. The quantitative estimate of drug-likeness (QED) is 0.691. The molecule has 0 atom stereocenters. The van der Waals surface area contributed by atoms with Crippen molar-refractivity contribution in [1.29, 1.82) is 0 Å². The molecule has 6 nitrogen and oxygen atoms in total. The van der Waals surface area contributed by atoms with E-state index in [1.54, 1.807) is 18.2 Å². The molecule has 0 bridgehead atoms. The van der Waals surface area contributed by atoms with Crippen LogP contribution in [0.1, 0.15) is 5.56 Å². The number of hydrogen-bond donors (Lipinski definition) is 4. The van der Waals surface area contributed by atoms with Gasteiger partial charge in [-0.25, -0.2) is 4.79 Å². The summed E-state index contributed by atoms with van der Waals surface area (Å²) in [5.41, 5.74) is 0.239. The van der Waals surface area contributed by atoms with Gasteiger partial charge in [-0.3, -0.25) is 0 Å². The van der Waals surface area contributed by atoms with Crippen molar-refractivity contribution in [2.24, 2.45) is 0 Å². The molecule has 108 valence electrons. The Morgan fingerprint density at radius 1 is 1.14 bits per heavy atom. The van der Waals surface area contributed by atoms with Crippen LogP contribution in [0.3, 0.4) is 0 Å². The third kappa shape index (κ3) is 1.92. The molecule has 1 aliphatic heterocycles. The number of carbonyl (C=O) groups is 1. The summed E-state index contributed by atoms with van der Waals surface area (Å²) in [7, 11) is 1.43. The minimum absolute atomic E-state index is 0.116. The van der Waals surface area contributed by atoms with Crippen LogP contribution in [-0.2, 0) is 10.5 Å². The molecule has 1 aliphatic rings. The van der Waals surface area contributed by atoms with Gasteiger partial charge in [0.25, 0.3) is 0 Å². The zero-order chi connectivity index (χ0) is 15.0. The maximum absolute atomic E-state index is 11.8. The molecule has 3 rings (SSSR count). The minimum atomic E-state index is -1.52. The number of phenols is 1. The third-order valence-corrected chi connectivity index (χ3v) is 3.50. The van der Waals surface area contributed by atoms with Crippen LogP contribution in [0.5, 0.6) is 11.5 Å². The second kappa shape index (κ2) is 4.59. The molecule has 21 heavy (non-hydrogen) atoms. The van der Waals surface area contributed by atoms with Crippen molar-refractivity contribution in [3.63, 3.8) is 0 Å². The number of para-hydroxylation sites is 2. The fourth-order valence-corrected chi connectivity index (χ4v) is 2.43. The molecule has 0 saturated heterocycles. The Morgan fingerprint density at radius 3 is 2.24 bits per heavy atom. The molecule has 0 radical (unpaired) electrons. The lowest BCUT2D eigenvalue weighted by atomic mass is 9.99. The van der Waals surface area contributed by atoms with Crippen molar-refractivity contribution < 1.29 is 19.7 Å². The van der Waals surface area contributed by atoms with Gasteiger partial charge in [0, 0.05) is 5.56 Å². The van der Waals surface area contributed by atoms with Gasteiger partial charge in [-0.1, -0.05) is 18.2 Å². The molecule has 0 saturated carbocycles. The lowest BCUT2D eigenvalue weighted by molar-refractivity contribution is -0.141. The number of benzene rings is 2. The van der Waals surface area contributed by atoms with Crippen molar-refractivity contribution in [3.05, 3.63) is 48.0 Å². The fraction of sp³-hybridized carbons (Fsp3) is 0.133. The van der Waals surface area contributed by atoms with Crippen LogP contribution < -0.4 is 15.4 Å². The van der Waals surface area contributed by atoms with Crippen LogP contribution in [0.25, 0.3) is 0 Å². The predicted octanol–water partition coefficient (Wildman–Crippen LogP) is 2.18. The molecule has 0 spiro atoms. The van der Waals surface area contributed by atoms with Gasteiger partial charge in [0.05, 0.1) is 18.5 Å². The van der Waals surface area contributed by atoms with E-state index in [4.69, 9.17) is 4.74 Å². The summed E-state index contributed by atoms with van der Waals surface area (Å²) in [6, 6.07) is 11.7. The standard InChI is InChI=1S/C15H14N2O4/c1-21-13-7-6-9(8-12(13)18)15(14(19)20)16-10-4-2-3-5-11(10)17-15/h2-8,16-18H,1H3,(H,19,20). The van der Waals surface area contributed by atoms with Crippen LogP contribution >= 0.6 is 0 Å². The SMILES string of the molecule is COc1ccc(C2(C(=O)O)Nc3ccccc3N2)cc1O. The number of aromatic hydroxyl groups is 1. The second-order valence-corrected chi connectivity index (χ2v) is 4.74. The monoisotopic (exact) mass is 286 g/mol. The van der Waals surface area contributed by atoms with E-state index >= 15 is 0 Å². The molecular formula is C15H14N2O4. The number of fused-ring (bicyclic) bond motifs is 1. The number of ether oxygens (including phenoxy) is 1. The molecule has 0 amide bonds. The topological polar surface area (TPSA) is 90.8 Å². The largest absolute Gasteiger partial charge is 0.504 e. The molecule has 0 fully saturated rings. The van der Waals surface area contributed by atoms with E-state index in [0.717, 1.165) is 0 Å². The van der Waals surface area contributed by atoms with Crippen LogP contribution in [0.4, 0.5) is 11.4 Å². The van der Waals surface area contributed by atoms with E-state index in [1.807, 2.05) is 12.1 Å². The first-order valence-corrected chi connectivity index (χ1v) is 6.33. The van der Waals surface area contributed by atoms with Crippen LogP contribution in [0, 0.1) is 0 Å². The van der Waals surface area contributed by atoms with Crippen LogP contribution in [-0.4, -0.2) is 23.3 Å². The van der Waals surface area contributed by atoms with E-state index < -0.39 is 11.6 Å². The fourth-order valence-electron chi connectivity index (χ4n) is 2.43. The molecule has 6 heteroatoms. The van der Waals surface area contributed by atoms with Gasteiger partial charge in [-0.05, 0) is 24.3 Å². The first-order chi connectivity index (χ1) is 10.1. The highest BCUT2D eigenvalue weighted by atomic mass is 16.5. The number of hydrogen-bond acceptors (Lipinski definition) is 5. The zero-order valence-corrected chi connectivity index (χ0v) is 11.3. The Kier molecular flexibility index (Phi) is 2.86. The second-order valence-electron chi connectivity index (χ2n) is 4.74. The van der Waals surface area contributed by atoms with Crippen LogP contribution in [0.2, 0.25) is 0 Å². The number of carboxylic acids is 1. The van der Waals surface area contributed by atoms with Gasteiger partial charge < -0.3 is 25.6 Å². The summed E-state index contributed by atoms with van der Waals surface area (Å²) < 4.78 is 4.98. The lowest BCUT2D eigenvalue weighted by Crippen LogP contribution is -2.46. The average Bonchev–Trinajstić information content (AvgIpc) is 2.88. The predicted molar refractivity (Wildman–Crippen MR) is 77.7 cm³/mol. The van der Waals surface area contributed by atoms with E-state index in [9.17, 15) is 15.0 Å². The highest BCUT2D eigenvalue weighted by Gasteiger charge is 2.45. The van der Waals surface area contributed by atoms with Crippen molar-refractivity contribution in [1.82, 2.24) is 0 Å². The Morgan fingerprint density at radius 2 is 1.76 bits per heavy atom. The Labute approximate surface area is 121 Å². The summed E-state index contributed by atoms with van der Waals surface area (Å²) in [5.74, 6) is -0.923. The van der Waals surface area contributed by atoms with Gasteiger partial charge in [0.1, 0.15) is 0 Å². The highest BCUT2D eigenvalue weighted by molar-refractivity contribution is 5.94. The molecule has 2 aromatic rings. The van der Waals surface area contributed by atoms with E-state index in [2.05, 4.69) is 10.6 Å². The van der Waals surface area contributed by atoms with E-state index in [-0.39, 0.29) is 11.5 Å². The normalized spacial score (nSPS) is 14.7. The van der Waals surface area contributed by atoms with Gasteiger partial charge in [-0.2, -0.15) is 0 Å². The Balaban J connectivity index is 2.09. The van der Waals surface area contributed by atoms with E-state index in [1.165, 1.54) is 19.2 Å². The van der Waals surface area contributed by atoms with Crippen molar-refractivity contribution in [3.8, 4) is 11.5 Å². The van der Waals surface area contributed by atoms with Crippen molar-refractivity contribution in [2.75, 3.05) is 17.7 Å². The summed E-state index contributed by atoms with van der Waals surface area (Å²) in [5, 5.41) is 25.5. The van der Waals surface area contributed by atoms with Crippen molar-refractivity contribution >= 4 is 17.3 Å². The molecule has 0 aliphatic carbocycles. The number of methoxy groups -OCH3 is 1. The van der Waals surface area contributed by atoms with E-state index in [0.29, 0.717) is 16.9 Å². The Hall–Kier alpha value is -2.89. The summed E-state index contributed by atoms with van der Waals surface area (Å²) >= 11 is 0. The molecular weight excluding hydrogens is 272 g/mol. The molecule has 2 aromatic carbocycles. The first-order valence-electron chi connectivity index (χ1n) is 6.33. The van der Waals surface area contributed by atoms with Crippen LogP contribution in [0.15, 0.2) is 42.5 Å². The highest BCUT2D eigenvalue weighted by Crippen LogP contribution is 2.41. The number of rotatable bonds is 3. The third-order valence-electron chi connectivity index (χ3n) is 3.50. The molecule has 0 unspecified atom stereocenters. The van der Waals surface area contributed by atoms with Gasteiger partial charge >= 0.3 is 5.97 Å². The molecule has 1 heterocycles. The van der Waals surface area contributed by atoms with Gasteiger partial charge in [0.2, 0.25) is 5.66 Å². The zero-order valence-electron chi connectivity index (χ0n) is 11.3.